The number of amides is 1. The van der Waals surface area contributed by atoms with Gasteiger partial charge in [0.2, 0.25) is 0 Å². The molecule has 1 amide bonds. The summed E-state index contributed by atoms with van der Waals surface area (Å²) >= 11 is 0. The molecule has 0 atom stereocenters. The number of benzene rings is 1. The van der Waals surface area contributed by atoms with Crippen LogP contribution in [0.4, 0.5) is 4.39 Å². The summed E-state index contributed by atoms with van der Waals surface area (Å²) in [7, 11) is 0. The Balaban J connectivity index is 1.84. The number of ether oxygens (including phenoxy) is 2. The van der Waals surface area contributed by atoms with Gasteiger partial charge in [0.15, 0.2) is 6.61 Å². The number of aryl methyl sites for hydroxylation is 1. The van der Waals surface area contributed by atoms with Crippen LogP contribution in [-0.2, 0) is 32.2 Å². The number of esters is 2. The topological polar surface area (TPSA) is 86.6 Å². The summed E-state index contributed by atoms with van der Waals surface area (Å²) in [6.45, 7) is 5.11. The van der Waals surface area contributed by atoms with Crippen molar-refractivity contribution in [2.75, 3.05) is 13.2 Å². The van der Waals surface area contributed by atoms with Gasteiger partial charge in [0.25, 0.3) is 5.91 Å². The van der Waals surface area contributed by atoms with Crippen molar-refractivity contribution < 1.29 is 28.2 Å². The van der Waals surface area contributed by atoms with E-state index >= 15 is 0 Å². The summed E-state index contributed by atoms with van der Waals surface area (Å²) in [6, 6.07) is 7.36. The number of rotatable bonds is 8. The normalized spacial score (nSPS) is 10.4. The lowest BCUT2D eigenvalue weighted by molar-refractivity contribution is -0.149. The first-order chi connectivity index (χ1) is 13.3. The fourth-order valence-electron chi connectivity index (χ4n) is 2.63. The summed E-state index contributed by atoms with van der Waals surface area (Å²) in [5.74, 6) is -1.87. The van der Waals surface area contributed by atoms with Crippen LogP contribution in [0.15, 0.2) is 30.3 Å². The Hall–Kier alpha value is -3.16. The number of hydrogen-bond acceptors (Lipinski definition) is 5. The zero-order chi connectivity index (χ0) is 20.7. The molecule has 0 saturated heterocycles. The van der Waals surface area contributed by atoms with Crippen LogP contribution in [0.2, 0.25) is 0 Å². The molecule has 0 aliphatic carbocycles. The Kier molecular flexibility index (Phi) is 7.31. The second kappa shape index (κ2) is 9.68. The second-order valence-electron chi connectivity index (χ2n) is 6.16. The first-order valence-electron chi connectivity index (χ1n) is 8.82. The second-order valence-corrected chi connectivity index (χ2v) is 6.16. The van der Waals surface area contributed by atoms with Crippen LogP contribution in [0.25, 0.3) is 0 Å². The van der Waals surface area contributed by atoms with Gasteiger partial charge in [0.05, 0.1) is 12.2 Å². The van der Waals surface area contributed by atoms with Gasteiger partial charge in [-0.05, 0) is 44.5 Å². The Labute approximate surface area is 162 Å². The smallest absolute Gasteiger partial charge is 0.339 e. The maximum atomic E-state index is 12.8. The van der Waals surface area contributed by atoms with Crippen LogP contribution in [0.1, 0.15) is 34.2 Å². The lowest BCUT2D eigenvalue weighted by Gasteiger charge is -2.10. The average molecular weight is 390 g/mol. The molecular formula is C20H23FN2O5. The number of aromatic nitrogens is 1. The molecule has 1 aromatic heterocycles. The van der Waals surface area contributed by atoms with Crippen molar-refractivity contribution >= 4 is 17.8 Å². The molecule has 0 bridgehead atoms. The summed E-state index contributed by atoms with van der Waals surface area (Å²) in [6.07, 6.45) is 0. The van der Waals surface area contributed by atoms with Crippen molar-refractivity contribution in [2.24, 2.45) is 0 Å². The fraction of sp³-hybridized carbons (Fsp3) is 0.350. The standard InChI is InChI=1S/C20H23FN2O5/c1-4-27-20(26)17-9-13(2)23(14(17)3)11-19(25)28-12-18(24)22-10-15-5-7-16(21)8-6-15/h5-9H,4,10-12H2,1-3H3,(H,22,24). The third-order valence-corrected chi connectivity index (χ3v) is 4.12. The minimum absolute atomic E-state index is 0.123. The van der Waals surface area contributed by atoms with E-state index in [1.165, 1.54) is 12.1 Å². The molecule has 0 saturated carbocycles. The highest BCUT2D eigenvalue weighted by Gasteiger charge is 2.19. The van der Waals surface area contributed by atoms with Crippen molar-refractivity contribution in [3.05, 3.63) is 58.7 Å². The number of carbonyl (C=O) groups is 3. The number of carbonyl (C=O) groups excluding carboxylic acids is 3. The monoisotopic (exact) mass is 390 g/mol. The summed E-state index contributed by atoms with van der Waals surface area (Å²) in [4.78, 5) is 35.8. The highest BCUT2D eigenvalue weighted by molar-refractivity contribution is 5.91. The molecule has 1 aromatic carbocycles. The van der Waals surface area contributed by atoms with E-state index in [9.17, 15) is 18.8 Å². The minimum Gasteiger partial charge on any atom is -0.462 e. The van der Waals surface area contributed by atoms with E-state index in [1.807, 2.05) is 0 Å². The molecule has 2 rings (SSSR count). The summed E-state index contributed by atoms with van der Waals surface area (Å²) < 4.78 is 24.5. The molecule has 28 heavy (non-hydrogen) atoms. The molecule has 2 aromatic rings. The van der Waals surface area contributed by atoms with Crippen molar-refractivity contribution in [1.82, 2.24) is 9.88 Å². The predicted octanol–water partition coefficient (Wildman–Crippen LogP) is 2.28. The van der Waals surface area contributed by atoms with Gasteiger partial charge in [-0.3, -0.25) is 9.59 Å². The maximum absolute atomic E-state index is 12.8. The molecule has 0 unspecified atom stereocenters. The van der Waals surface area contributed by atoms with Crippen LogP contribution in [0.5, 0.6) is 0 Å². The number of nitrogens with zero attached hydrogens (tertiary/aromatic N) is 1. The van der Waals surface area contributed by atoms with Crippen LogP contribution in [-0.4, -0.2) is 35.6 Å². The minimum atomic E-state index is -0.603. The van der Waals surface area contributed by atoms with E-state index in [-0.39, 0.29) is 25.5 Å². The van der Waals surface area contributed by atoms with Gasteiger partial charge in [0, 0.05) is 17.9 Å². The lowest BCUT2D eigenvalue weighted by atomic mass is 10.2. The van der Waals surface area contributed by atoms with Crippen molar-refractivity contribution in [3.63, 3.8) is 0 Å². The Morgan fingerprint density at radius 3 is 2.43 bits per heavy atom. The van der Waals surface area contributed by atoms with E-state index in [0.29, 0.717) is 17.0 Å². The number of halogens is 1. The van der Waals surface area contributed by atoms with Gasteiger partial charge < -0.3 is 19.4 Å². The van der Waals surface area contributed by atoms with Crippen molar-refractivity contribution in [2.45, 2.75) is 33.9 Å². The third-order valence-electron chi connectivity index (χ3n) is 4.12. The van der Waals surface area contributed by atoms with Gasteiger partial charge in [-0.15, -0.1) is 0 Å². The van der Waals surface area contributed by atoms with Crippen LogP contribution < -0.4 is 5.32 Å². The number of nitrogens with one attached hydrogen (secondary N) is 1. The molecule has 0 spiro atoms. The predicted molar refractivity (Wildman–Crippen MR) is 99.1 cm³/mol. The fourth-order valence-corrected chi connectivity index (χ4v) is 2.63. The zero-order valence-electron chi connectivity index (χ0n) is 16.1. The number of hydrogen-bond donors (Lipinski definition) is 1. The zero-order valence-corrected chi connectivity index (χ0v) is 16.1. The lowest BCUT2D eigenvalue weighted by Crippen LogP contribution is -2.29. The quantitative estimate of drug-likeness (QED) is 0.699. The molecule has 0 aliphatic rings. The van der Waals surface area contributed by atoms with Gasteiger partial charge in [-0.2, -0.15) is 0 Å². The summed E-state index contributed by atoms with van der Waals surface area (Å²) in [5.41, 5.74) is 2.42. The Morgan fingerprint density at radius 1 is 1.11 bits per heavy atom. The van der Waals surface area contributed by atoms with Crippen molar-refractivity contribution in [1.29, 1.82) is 0 Å². The molecule has 0 radical (unpaired) electrons. The van der Waals surface area contributed by atoms with E-state index in [0.717, 1.165) is 5.56 Å². The van der Waals surface area contributed by atoms with Gasteiger partial charge in [0.1, 0.15) is 12.4 Å². The van der Waals surface area contributed by atoms with Crippen LogP contribution in [0, 0.1) is 19.7 Å². The summed E-state index contributed by atoms with van der Waals surface area (Å²) in [5, 5.41) is 2.59. The van der Waals surface area contributed by atoms with E-state index in [4.69, 9.17) is 9.47 Å². The van der Waals surface area contributed by atoms with E-state index in [1.54, 1.807) is 43.5 Å². The largest absolute Gasteiger partial charge is 0.462 e. The highest BCUT2D eigenvalue weighted by Crippen LogP contribution is 2.16. The van der Waals surface area contributed by atoms with E-state index < -0.39 is 24.5 Å². The van der Waals surface area contributed by atoms with Gasteiger partial charge in [-0.25, -0.2) is 9.18 Å². The van der Waals surface area contributed by atoms with Gasteiger partial charge >= 0.3 is 11.9 Å². The molecule has 7 nitrogen and oxygen atoms in total. The van der Waals surface area contributed by atoms with Crippen molar-refractivity contribution in [3.8, 4) is 0 Å². The Bertz CT molecular complexity index is 858. The third kappa shape index (κ3) is 5.67. The molecule has 150 valence electrons. The molecule has 8 heteroatoms. The van der Waals surface area contributed by atoms with Crippen LogP contribution in [0.3, 0.4) is 0 Å². The molecule has 1 heterocycles. The van der Waals surface area contributed by atoms with E-state index in [2.05, 4.69) is 5.32 Å². The van der Waals surface area contributed by atoms with Gasteiger partial charge in [-0.1, -0.05) is 12.1 Å². The average Bonchev–Trinajstić information content (AvgIpc) is 2.94. The maximum Gasteiger partial charge on any atom is 0.339 e. The first kappa shape index (κ1) is 21.1. The molecule has 0 fully saturated rings. The first-order valence-corrected chi connectivity index (χ1v) is 8.82. The highest BCUT2D eigenvalue weighted by atomic mass is 19.1. The molecule has 1 N–H and O–H groups in total. The van der Waals surface area contributed by atoms with Crippen LogP contribution >= 0.6 is 0 Å². The Morgan fingerprint density at radius 2 is 1.79 bits per heavy atom. The SMILES string of the molecule is CCOC(=O)c1cc(C)n(CC(=O)OCC(=O)NCc2ccc(F)cc2)c1C. The molecular weight excluding hydrogens is 367 g/mol. The molecule has 0 aliphatic heterocycles.